The van der Waals surface area contributed by atoms with Crippen LogP contribution in [-0.2, 0) is 16.0 Å². The van der Waals surface area contributed by atoms with E-state index in [0.29, 0.717) is 18.1 Å². The van der Waals surface area contributed by atoms with Crippen LogP contribution in [0.3, 0.4) is 0 Å². The van der Waals surface area contributed by atoms with Gasteiger partial charge in [-0.15, -0.1) is 0 Å². The van der Waals surface area contributed by atoms with Crippen LogP contribution in [0.25, 0.3) is 0 Å². The number of benzene rings is 1. The Hall–Kier alpha value is -1.75. The van der Waals surface area contributed by atoms with E-state index in [1.165, 1.54) is 0 Å². The van der Waals surface area contributed by atoms with E-state index >= 15 is 0 Å². The topological polar surface area (TPSA) is 65.0 Å². The number of rotatable bonds is 9. The number of carboxylic acids is 1. The van der Waals surface area contributed by atoms with E-state index < -0.39 is 12.1 Å². The molecule has 0 heterocycles. The smallest absolute Gasteiger partial charge is 0.333 e. The Labute approximate surface area is 119 Å². The molecule has 5 nitrogen and oxygen atoms in total. The predicted octanol–water partition coefficient (Wildman–Crippen LogP) is 2.52. The van der Waals surface area contributed by atoms with Crippen molar-refractivity contribution in [2.45, 2.75) is 32.3 Å². The summed E-state index contributed by atoms with van der Waals surface area (Å²) in [6.07, 6.45) is 1.23. The fourth-order valence-corrected chi connectivity index (χ4v) is 1.81. The number of carboxylic acid groups (broad SMARTS) is 1. The summed E-state index contributed by atoms with van der Waals surface area (Å²) in [5.41, 5.74) is 0.789. The summed E-state index contributed by atoms with van der Waals surface area (Å²) in [7, 11) is 3.12. The van der Waals surface area contributed by atoms with Crippen LogP contribution >= 0.6 is 0 Å². The summed E-state index contributed by atoms with van der Waals surface area (Å²) in [6.45, 7) is 2.48. The summed E-state index contributed by atoms with van der Waals surface area (Å²) in [5.74, 6) is 0.318. The summed E-state index contributed by atoms with van der Waals surface area (Å²) < 4.78 is 15.8. The summed E-state index contributed by atoms with van der Waals surface area (Å²) in [4.78, 5) is 11.2. The molecule has 0 unspecified atom stereocenters. The van der Waals surface area contributed by atoms with Gasteiger partial charge in [-0.1, -0.05) is 19.4 Å². The highest BCUT2D eigenvalue weighted by molar-refractivity contribution is 5.73. The number of methoxy groups -OCH3 is 2. The maximum atomic E-state index is 11.2. The zero-order valence-corrected chi connectivity index (χ0v) is 12.2. The first kappa shape index (κ1) is 16.3. The molecule has 1 atom stereocenters. The van der Waals surface area contributed by atoms with E-state index in [4.69, 9.17) is 14.2 Å². The van der Waals surface area contributed by atoms with E-state index in [9.17, 15) is 9.90 Å². The second-order valence-electron chi connectivity index (χ2n) is 4.43. The molecule has 0 bridgehead atoms. The Bertz CT molecular complexity index is 430. The Morgan fingerprint density at radius 3 is 2.60 bits per heavy atom. The van der Waals surface area contributed by atoms with Gasteiger partial charge in [-0.25, -0.2) is 4.79 Å². The first-order chi connectivity index (χ1) is 9.62. The zero-order chi connectivity index (χ0) is 15.0. The molecular formula is C15H22O5. The molecule has 0 radical (unpaired) electrons. The molecule has 1 aromatic rings. The van der Waals surface area contributed by atoms with Gasteiger partial charge in [0, 0.05) is 19.1 Å². The molecule has 0 fully saturated rings. The maximum absolute atomic E-state index is 11.2. The van der Waals surface area contributed by atoms with Gasteiger partial charge in [0.05, 0.1) is 14.2 Å². The minimum atomic E-state index is -0.959. The van der Waals surface area contributed by atoms with Crippen LogP contribution in [0, 0.1) is 0 Å². The number of hydrogen-bond acceptors (Lipinski definition) is 4. The molecule has 0 aliphatic carbocycles. The van der Waals surface area contributed by atoms with Gasteiger partial charge in [0.15, 0.2) is 6.10 Å². The van der Waals surface area contributed by atoms with E-state index in [1.807, 2.05) is 6.92 Å². The number of ether oxygens (including phenoxy) is 3. The minimum absolute atomic E-state index is 0.270. The van der Waals surface area contributed by atoms with Crippen LogP contribution in [0.15, 0.2) is 18.2 Å². The van der Waals surface area contributed by atoms with Gasteiger partial charge in [-0.05, 0) is 18.1 Å². The van der Waals surface area contributed by atoms with Crippen LogP contribution in [-0.4, -0.2) is 38.0 Å². The van der Waals surface area contributed by atoms with Gasteiger partial charge in [0.25, 0.3) is 0 Å². The Morgan fingerprint density at radius 2 is 2.05 bits per heavy atom. The third kappa shape index (κ3) is 4.74. The standard InChI is InChI=1S/C15H22O5/c1-4-5-8-20-14(15(16)17)9-11-6-7-12(18-2)10-13(11)19-3/h6-7,10,14H,4-5,8-9H2,1-3H3,(H,16,17)/t14-/m0/s1. The lowest BCUT2D eigenvalue weighted by atomic mass is 10.1. The van der Waals surface area contributed by atoms with Crippen molar-refractivity contribution < 1.29 is 24.1 Å². The van der Waals surface area contributed by atoms with Gasteiger partial charge in [-0.3, -0.25) is 0 Å². The van der Waals surface area contributed by atoms with Crippen molar-refractivity contribution in [3.63, 3.8) is 0 Å². The number of aliphatic carboxylic acids is 1. The lowest BCUT2D eigenvalue weighted by molar-refractivity contribution is -0.150. The van der Waals surface area contributed by atoms with E-state index in [-0.39, 0.29) is 6.42 Å². The number of carbonyl (C=O) groups is 1. The molecular weight excluding hydrogens is 260 g/mol. The highest BCUT2D eigenvalue weighted by atomic mass is 16.5. The van der Waals surface area contributed by atoms with E-state index in [0.717, 1.165) is 18.4 Å². The molecule has 0 saturated carbocycles. The Morgan fingerprint density at radius 1 is 1.30 bits per heavy atom. The molecule has 1 N–H and O–H groups in total. The van der Waals surface area contributed by atoms with Crippen LogP contribution in [0.4, 0.5) is 0 Å². The molecule has 0 aliphatic rings. The lowest BCUT2D eigenvalue weighted by Crippen LogP contribution is -2.27. The average molecular weight is 282 g/mol. The SMILES string of the molecule is CCCCO[C@@H](Cc1ccc(OC)cc1OC)C(=O)O. The molecule has 1 rings (SSSR count). The van der Waals surface area contributed by atoms with Gasteiger partial charge >= 0.3 is 5.97 Å². The van der Waals surface area contributed by atoms with Crippen LogP contribution in [0.1, 0.15) is 25.3 Å². The molecule has 5 heteroatoms. The molecule has 0 aliphatic heterocycles. The van der Waals surface area contributed by atoms with Crippen molar-refractivity contribution in [2.24, 2.45) is 0 Å². The largest absolute Gasteiger partial charge is 0.497 e. The molecule has 112 valence electrons. The van der Waals surface area contributed by atoms with E-state index in [2.05, 4.69) is 0 Å². The van der Waals surface area contributed by atoms with Crippen molar-refractivity contribution in [1.82, 2.24) is 0 Å². The van der Waals surface area contributed by atoms with Crippen LogP contribution in [0.5, 0.6) is 11.5 Å². The van der Waals surface area contributed by atoms with Crippen molar-refractivity contribution in [3.05, 3.63) is 23.8 Å². The van der Waals surface area contributed by atoms with Gasteiger partial charge in [0.2, 0.25) is 0 Å². The normalized spacial score (nSPS) is 11.9. The highest BCUT2D eigenvalue weighted by Gasteiger charge is 2.20. The van der Waals surface area contributed by atoms with Crippen LogP contribution in [0.2, 0.25) is 0 Å². The molecule has 1 aromatic carbocycles. The van der Waals surface area contributed by atoms with E-state index in [1.54, 1.807) is 32.4 Å². The maximum Gasteiger partial charge on any atom is 0.333 e. The highest BCUT2D eigenvalue weighted by Crippen LogP contribution is 2.26. The fourth-order valence-electron chi connectivity index (χ4n) is 1.81. The quantitative estimate of drug-likeness (QED) is 0.705. The van der Waals surface area contributed by atoms with Crippen LogP contribution < -0.4 is 9.47 Å². The lowest BCUT2D eigenvalue weighted by Gasteiger charge is -2.16. The molecule has 20 heavy (non-hydrogen) atoms. The summed E-state index contributed by atoms with van der Waals surface area (Å²) in [5, 5.41) is 9.21. The summed E-state index contributed by atoms with van der Waals surface area (Å²) >= 11 is 0. The van der Waals surface area contributed by atoms with Crippen molar-refractivity contribution in [2.75, 3.05) is 20.8 Å². The third-order valence-electron chi connectivity index (χ3n) is 2.99. The first-order valence-corrected chi connectivity index (χ1v) is 6.67. The van der Waals surface area contributed by atoms with Crippen molar-refractivity contribution >= 4 is 5.97 Å². The van der Waals surface area contributed by atoms with Gasteiger partial charge < -0.3 is 19.3 Å². The summed E-state index contributed by atoms with van der Waals surface area (Å²) in [6, 6.07) is 5.32. The molecule has 0 spiro atoms. The predicted molar refractivity (Wildman–Crippen MR) is 75.5 cm³/mol. The first-order valence-electron chi connectivity index (χ1n) is 6.67. The molecule has 0 saturated heterocycles. The van der Waals surface area contributed by atoms with Crippen molar-refractivity contribution in [1.29, 1.82) is 0 Å². The van der Waals surface area contributed by atoms with Crippen molar-refractivity contribution in [3.8, 4) is 11.5 Å². The average Bonchev–Trinajstić information content (AvgIpc) is 2.46. The van der Waals surface area contributed by atoms with Gasteiger partial charge in [-0.2, -0.15) is 0 Å². The fraction of sp³-hybridized carbons (Fsp3) is 0.533. The Balaban J connectivity index is 2.79. The van der Waals surface area contributed by atoms with Gasteiger partial charge in [0.1, 0.15) is 11.5 Å². The third-order valence-corrected chi connectivity index (χ3v) is 2.99. The minimum Gasteiger partial charge on any atom is -0.497 e. The zero-order valence-electron chi connectivity index (χ0n) is 12.2. The molecule has 0 amide bonds. The number of unbranched alkanes of at least 4 members (excludes halogenated alkanes) is 1. The number of hydrogen-bond donors (Lipinski definition) is 1. The Kier molecular flexibility index (Phi) is 6.87. The second kappa shape index (κ2) is 8.43. The second-order valence-corrected chi connectivity index (χ2v) is 4.43. The molecule has 0 aromatic heterocycles. The monoisotopic (exact) mass is 282 g/mol.